The van der Waals surface area contributed by atoms with Crippen LogP contribution in [0, 0.1) is 11.3 Å². The third-order valence-electron chi connectivity index (χ3n) is 6.34. The van der Waals surface area contributed by atoms with Crippen molar-refractivity contribution in [1.82, 2.24) is 4.90 Å². The molecule has 0 spiro atoms. The van der Waals surface area contributed by atoms with Gasteiger partial charge in [-0.05, 0) is 57.4 Å². The van der Waals surface area contributed by atoms with Gasteiger partial charge in [0.25, 0.3) is 0 Å². The topological polar surface area (TPSA) is 38.5 Å². The van der Waals surface area contributed by atoms with Crippen molar-refractivity contribution in [3.05, 3.63) is 0 Å². The van der Waals surface area contributed by atoms with E-state index in [0.717, 1.165) is 25.5 Å². The first-order valence-electron chi connectivity index (χ1n) is 8.85. The minimum absolute atomic E-state index is 0.187. The molecule has 4 atom stereocenters. The van der Waals surface area contributed by atoms with Crippen LogP contribution in [0.15, 0.2) is 0 Å². The van der Waals surface area contributed by atoms with E-state index in [1.54, 1.807) is 0 Å². The Bertz CT molecular complexity index is 339. The molecule has 1 saturated heterocycles. The van der Waals surface area contributed by atoms with E-state index >= 15 is 0 Å². The highest BCUT2D eigenvalue weighted by Gasteiger charge is 2.42. The number of likely N-dealkylation sites (N-methyl/N-ethyl adjacent to an activating group) is 1. The Morgan fingerprint density at radius 1 is 1.19 bits per heavy atom. The van der Waals surface area contributed by atoms with Gasteiger partial charge in [-0.2, -0.15) is 0 Å². The molecule has 0 aromatic rings. The van der Waals surface area contributed by atoms with Crippen LogP contribution in [0.25, 0.3) is 0 Å². The number of hydrogen-bond donors (Lipinski definition) is 1. The number of ether oxygens (including phenoxy) is 1. The van der Waals surface area contributed by atoms with Gasteiger partial charge in [-0.25, -0.2) is 0 Å². The lowest BCUT2D eigenvalue weighted by molar-refractivity contribution is 0.0189. The van der Waals surface area contributed by atoms with Crippen molar-refractivity contribution in [2.45, 2.75) is 83.9 Å². The molecule has 0 radical (unpaired) electrons. The van der Waals surface area contributed by atoms with Crippen molar-refractivity contribution in [3.8, 4) is 0 Å². The van der Waals surface area contributed by atoms with Crippen LogP contribution in [0.3, 0.4) is 0 Å². The maximum Gasteiger partial charge on any atom is 0.0703 e. The van der Waals surface area contributed by atoms with Crippen LogP contribution in [0.2, 0.25) is 0 Å². The summed E-state index contributed by atoms with van der Waals surface area (Å²) in [5.74, 6) is 0.830. The monoisotopic (exact) mass is 296 g/mol. The highest BCUT2D eigenvalue weighted by Crippen LogP contribution is 2.42. The molecule has 1 aliphatic carbocycles. The maximum atomic E-state index is 6.29. The Labute approximate surface area is 131 Å². The van der Waals surface area contributed by atoms with Crippen LogP contribution in [0.1, 0.15) is 66.2 Å². The predicted molar refractivity (Wildman–Crippen MR) is 89.4 cm³/mol. The Morgan fingerprint density at radius 3 is 2.43 bits per heavy atom. The lowest BCUT2D eigenvalue weighted by Gasteiger charge is -2.45. The normalized spacial score (nSPS) is 38.7. The zero-order valence-electron chi connectivity index (χ0n) is 14.8. The summed E-state index contributed by atoms with van der Waals surface area (Å²) in [6.45, 7) is 11.1. The Morgan fingerprint density at radius 2 is 1.90 bits per heavy atom. The van der Waals surface area contributed by atoms with E-state index in [-0.39, 0.29) is 5.54 Å². The zero-order valence-corrected chi connectivity index (χ0v) is 14.8. The number of nitrogens with zero attached hydrogens (tertiary/aromatic N) is 1. The second kappa shape index (κ2) is 6.55. The molecular formula is C18H36N2O. The molecule has 4 unspecified atom stereocenters. The van der Waals surface area contributed by atoms with Crippen LogP contribution in [0.5, 0.6) is 0 Å². The van der Waals surface area contributed by atoms with Crippen molar-refractivity contribution in [2.75, 3.05) is 20.2 Å². The molecule has 1 saturated carbocycles. The summed E-state index contributed by atoms with van der Waals surface area (Å²) in [7, 11) is 2.29. The quantitative estimate of drug-likeness (QED) is 0.811. The van der Waals surface area contributed by atoms with Gasteiger partial charge in [0.1, 0.15) is 0 Å². The Kier molecular flexibility index (Phi) is 5.38. The molecule has 3 heteroatoms. The fourth-order valence-corrected chi connectivity index (χ4v) is 4.54. The summed E-state index contributed by atoms with van der Waals surface area (Å²) in [6, 6.07) is 0.541. The van der Waals surface area contributed by atoms with E-state index in [1.807, 2.05) is 0 Å². The second-order valence-corrected chi connectivity index (χ2v) is 8.47. The molecule has 0 aromatic carbocycles. The molecule has 3 nitrogen and oxygen atoms in total. The summed E-state index contributed by atoms with van der Waals surface area (Å²) >= 11 is 0. The zero-order chi connectivity index (χ0) is 15.7. The molecule has 0 bridgehead atoms. The third kappa shape index (κ3) is 3.62. The number of hydrogen-bond acceptors (Lipinski definition) is 3. The van der Waals surface area contributed by atoms with Crippen molar-refractivity contribution in [3.63, 3.8) is 0 Å². The van der Waals surface area contributed by atoms with Gasteiger partial charge >= 0.3 is 0 Å². The summed E-state index contributed by atoms with van der Waals surface area (Å²) in [4.78, 5) is 2.59. The minimum Gasteiger partial charge on any atom is -0.377 e. The second-order valence-electron chi connectivity index (χ2n) is 8.47. The maximum absolute atomic E-state index is 6.29. The van der Waals surface area contributed by atoms with Crippen LogP contribution < -0.4 is 5.73 Å². The molecule has 2 rings (SSSR count). The van der Waals surface area contributed by atoms with E-state index in [9.17, 15) is 0 Å². The molecule has 2 N–H and O–H groups in total. The fraction of sp³-hybridized carbons (Fsp3) is 1.00. The van der Waals surface area contributed by atoms with E-state index in [0.29, 0.717) is 17.6 Å². The summed E-state index contributed by atoms with van der Waals surface area (Å²) in [5.41, 5.74) is 6.90. The van der Waals surface area contributed by atoms with Gasteiger partial charge in [0.05, 0.1) is 6.10 Å². The first kappa shape index (κ1) is 17.2. The van der Waals surface area contributed by atoms with Gasteiger partial charge in [0.15, 0.2) is 0 Å². The SMILES string of the molecule is CC1OCCC1N(C)C1(CN)CCCC(C(C)(C)C)CC1. The van der Waals surface area contributed by atoms with E-state index in [1.165, 1.54) is 32.1 Å². The minimum atomic E-state index is 0.187. The first-order valence-corrected chi connectivity index (χ1v) is 8.85. The molecule has 0 amide bonds. The Hall–Kier alpha value is -0.120. The van der Waals surface area contributed by atoms with Crippen LogP contribution in [-0.4, -0.2) is 42.8 Å². The van der Waals surface area contributed by atoms with Gasteiger partial charge in [0, 0.05) is 24.7 Å². The van der Waals surface area contributed by atoms with Crippen LogP contribution >= 0.6 is 0 Å². The van der Waals surface area contributed by atoms with Crippen LogP contribution in [0.4, 0.5) is 0 Å². The van der Waals surface area contributed by atoms with Crippen molar-refractivity contribution < 1.29 is 4.74 Å². The summed E-state index contributed by atoms with van der Waals surface area (Å²) < 4.78 is 5.79. The van der Waals surface area contributed by atoms with Crippen molar-refractivity contribution in [2.24, 2.45) is 17.1 Å². The average Bonchev–Trinajstić information content (AvgIpc) is 2.72. The molecule has 124 valence electrons. The predicted octanol–water partition coefficient (Wildman–Crippen LogP) is 3.42. The Balaban J connectivity index is 2.10. The highest BCUT2D eigenvalue weighted by molar-refractivity contribution is 4.98. The van der Waals surface area contributed by atoms with Gasteiger partial charge in [-0.15, -0.1) is 0 Å². The molecule has 2 fully saturated rings. The van der Waals surface area contributed by atoms with E-state index in [4.69, 9.17) is 10.5 Å². The first-order chi connectivity index (χ1) is 9.80. The molecule has 2 aliphatic rings. The highest BCUT2D eigenvalue weighted by atomic mass is 16.5. The molecular weight excluding hydrogens is 260 g/mol. The van der Waals surface area contributed by atoms with E-state index < -0.39 is 0 Å². The summed E-state index contributed by atoms with van der Waals surface area (Å²) in [5, 5.41) is 0. The molecule has 1 aliphatic heterocycles. The lowest BCUT2D eigenvalue weighted by Crippen LogP contribution is -2.57. The van der Waals surface area contributed by atoms with Gasteiger partial charge in [0.2, 0.25) is 0 Å². The van der Waals surface area contributed by atoms with Gasteiger partial charge in [-0.1, -0.05) is 27.2 Å². The van der Waals surface area contributed by atoms with E-state index in [2.05, 4.69) is 39.6 Å². The number of rotatable bonds is 3. The number of nitrogens with two attached hydrogens (primary N) is 1. The third-order valence-corrected chi connectivity index (χ3v) is 6.34. The van der Waals surface area contributed by atoms with Gasteiger partial charge < -0.3 is 10.5 Å². The summed E-state index contributed by atoms with van der Waals surface area (Å²) in [6.07, 6.45) is 7.97. The largest absolute Gasteiger partial charge is 0.377 e. The van der Waals surface area contributed by atoms with Crippen molar-refractivity contribution in [1.29, 1.82) is 0 Å². The van der Waals surface area contributed by atoms with Crippen LogP contribution in [-0.2, 0) is 4.74 Å². The fourth-order valence-electron chi connectivity index (χ4n) is 4.54. The average molecular weight is 296 g/mol. The standard InChI is InChI=1S/C18H36N2O/c1-14-16(9-12-21-14)20(5)18(13-19)10-6-7-15(8-11-18)17(2,3)4/h14-16H,6-13,19H2,1-5H3. The molecule has 0 aromatic heterocycles. The molecule has 1 heterocycles. The van der Waals surface area contributed by atoms with Gasteiger partial charge in [-0.3, -0.25) is 4.90 Å². The molecule has 21 heavy (non-hydrogen) atoms. The van der Waals surface area contributed by atoms with Crippen molar-refractivity contribution >= 4 is 0 Å². The lowest BCUT2D eigenvalue weighted by atomic mass is 9.76. The smallest absolute Gasteiger partial charge is 0.0703 e.